The van der Waals surface area contributed by atoms with Crippen molar-refractivity contribution in [3.05, 3.63) is 109 Å². The van der Waals surface area contributed by atoms with Gasteiger partial charge in [0.25, 0.3) is 16.8 Å². The molecule has 9 heteroatoms. The zero-order valence-corrected chi connectivity index (χ0v) is 19.6. The lowest BCUT2D eigenvalue weighted by Crippen LogP contribution is -2.27. The highest BCUT2D eigenvalue weighted by Gasteiger charge is 2.35. The van der Waals surface area contributed by atoms with Crippen molar-refractivity contribution in [2.75, 3.05) is 0 Å². The molecule has 1 aliphatic rings. The number of non-ortho nitro benzene ring substituents is 1. The van der Waals surface area contributed by atoms with Crippen molar-refractivity contribution < 1.29 is 19.2 Å². The minimum Gasteiger partial charge on any atom is -0.487 e. The smallest absolute Gasteiger partial charge is 0.293 e. The van der Waals surface area contributed by atoms with Crippen LogP contribution in [0.2, 0.25) is 5.02 Å². The first-order valence-electron chi connectivity index (χ1n) is 10.3. The van der Waals surface area contributed by atoms with Crippen LogP contribution in [0.5, 0.6) is 5.75 Å². The summed E-state index contributed by atoms with van der Waals surface area (Å²) in [5.41, 5.74) is 3.41. The number of thioether (sulfide) groups is 1. The molecule has 1 fully saturated rings. The highest BCUT2D eigenvalue weighted by Crippen LogP contribution is 2.35. The van der Waals surface area contributed by atoms with Crippen LogP contribution in [-0.2, 0) is 17.9 Å². The Morgan fingerprint density at radius 1 is 1.03 bits per heavy atom. The maximum atomic E-state index is 12.8. The molecule has 2 amide bonds. The monoisotopic (exact) mass is 494 g/mol. The predicted molar refractivity (Wildman–Crippen MR) is 132 cm³/mol. The highest BCUT2D eigenvalue weighted by molar-refractivity contribution is 8.18. The number of rotatable bonds is 7. The molecule has 34 heavy (non-hydrogen) atoms. The first-order valence-corrected chi connectivity index (χ1v) is 11.5. The van der Waals surface area contributed by atoms with Crippen molar-refractivity contribution in [2.24, 2.45) is 0 Å². The number of hydrogen-bond acceptors (Lipinski definition) is 6. The number of amides is 2. The Balaban J connectivity index is 1.42. The van der Waals surface area contributed by atoms with Gasteiger partial charge in [-0.05, 0) is 65.7 Å². The van der Waals surface area contributed by atoms with Crippen LogP contribution in [0.3, 0.4) is 0 Å². The number of carbonyl (C=O) groups excluding carboxylic acids is 2. The number of ether oxygens (including phenoxy) is 1. The summed E-state index contributed by atoms with van der Waals surface area (Å²) in [6.07, 6.45) is 1.63. The van der Waals surface area contributed by atoms with Gasteiger partial charge in [-0.2, -0.15) is 0 Å². The van der Waals surface area contributed by atoms with Crippen LogP contribution in [0.1, 0.15) is 22.3 Å². The molecule has 1 saturated heterocycles. The molecule has 4 rings (SSSR count). The number of nitrogens with zero attached hydrogens (tertiary/aromatic N) is 2. The van der Waals surface area contributed by atoms with Gasteiger partial charge in [-0.3, -0.25) is 24.6 Å². The number of hydrogen-bond donors (Lipinski definition) is 0. The van der Waals surface area contributed by atoms with E-state index in [1.165, 1.54) is 17.0 Å². The molecule has 0 N–H and O–H groups in total. The highest BCUT2D eigenvalue weighted by atomic mass is 35.5. The van der Waals surface area contributed by atoms with E-state index in [0.717, 1.165) is 28.5 Å². The second-order valence-electron chi connectivity index (χ2n) is 7.66. The van der Waals surface area contributed by atoms with Crippen LogP contribution in [0.15, 0.2) is 71.6 Å². The molecule has 0 aromatic heterocycles. The van der Waals surface area contributed by atoms with Gasteiger partial charge in [-0.15, -0.1) is 0 Å². The van der Waals surface area contributed by atoms with Crippen LogP contribution in [0.4, 0.5) is 10.5 Å². The molecule has 0 saturated carbocycles. The van der Waals surface area contributed by atoms with Gasteiger partial charge in [-0.25, -0.2) is 0 Å². The van der Waals surface area contributed by atoms with Crippen LogP contribution in [0, 0.1) is 17.0 Å². The van der Waals surface area contributed by atoms with E-state index >= 15 is 0 Å². The number of nitro groups is 1. The molecule has 1 heterocycles. The Morgan fingerprint density at radius 3 is 2.35 bits per heavy atom. The van der Waals surface area contributed by atoms with E-state index < -0.39 is 4.92 Å². The van der Waals surface area contributed by atoms with Crippen LogP contribution < -0.4 is 4.74 Å². The van der Waals surface area contributed by atoms with Crippen LogP contribution in [0.25, 0.3) is 6.08 Å². The van der Waals surface area contributed by atoms with E-state index in [1.807, 2.05) is 31.2 Å². The maximum Gasteiger partial charge on any atom is 0.293 e. The molecule has 172 valence electrons. The molecule has 7 nitrogen and oxygen atoms in total. The quantitative estimate of drug-likeness (QED) is 0.215. The summed E-state index contributed by atoms with van der Waals surface area (Å²) >= 11 is 7.25. The third-order valence-electron chi connectivity index (χ3n) is 5.13. The van der Waals surface area contributed by atoms with Gasteiger partial charge >= 0.3 is 0 Å². The van der Waals surface area contributed by atoms with Gasteiger partial charge in [0.1, 0.15) is 12.4 Å². The SMILES string of the molecule is Cc1ccc(CN2C(=O)S/C(=C\c3ccc(OCc4ccc([N+](=O)[O-])cc4)c(Cl)c3)C2=O)cc1. The molecule has 0 bridgehead atoms. The Hall–Kier alpha value is -3.62. The molecule has 0 unspecified atom stereocenters. The third kappa shape index (κ3) is 5.47. The van der Waals surface area contributed by atoms with E-state index in [2.05, 4.69) is 0 Å². The van der Waals surface area contributed by atoms with Crippen molar-refractivity contribution >= 4 is 46.3 Å². The lowest BCUT2D eigenvalue weighted by molar-refractivity contribution is -0.384. The van der Waals surface area contributed by atoms with Gasteiger partial charge in [0, 0.05) is 12.1 Å². The van der Waals surface area contributed by atoms with Crippen molar-refractivity contribution in [1.82, 2.24) is 4.90 Å². The minimum absolute atomic E-state index is 0.00872. The van der Waals surface area contributed by atoms with Gasteiger partial charge in [0.15, 0.2) is 0 Å². The summed E-state index contributed by atoms with van der Waals surface area (Å²) in [4.78, 5) is 37.0. The summed E-state index contributed by atoms with van der Waals surface area (Å²) in [6, 6.07) is 18.8. The summed E-state index contributed by atoms with van der Waals surface area (Å²) in [5, 5.41) is 10.8. The number of halogens is 1. The maximum absolute atomic E-state index is 12.8. The molecular formula is C25H19ClN2O5S. The second kappa shape index (κ2) is 10.1. The lowest BCUT2D eigenvalue weighted by atomic mass is 10.1. The fourth-order valence-corrected chi connectivity index (χ4v) is 4.34. The zero-order valence-electron chi connectivity index (χ0n) is 18.1. The van der Waals surface area contributed by atoms with Crippen molar-refractivity contribution in [2.45, 2.75) is 20.1 Å². The first-order chi connectivity index (χ1) is 16.3. The summed E-state index contributed by atoms with van der Waals surface area (Å²) < 4.78 is 5.72. The number of imide groups is 1. The van der Waals surface area contributed by atoms with Crippen molar-refractivity contribution in [3.8, 4) is 5.75 Å². The zero-order chi connectivity index (χ0) is 24.2. The molecule has 0 aliphatic carbocycles. The van der Waals surface area contributed by atoms with Crippen molar-refractivity contribution in [1.29, 1.82) is 0 Å². The second-order valence-corrected chi connectivity index (χ2v) is 9.06. The third-order valence-corrected chi connectivity index (χ3v) is 6.33. The average molecular weight is 495 g/mol. The lowest BCUT2D eigenvalue weighted by Gasteiger charge is -2.12. The van der Waals surface area contributed by atoms with E-state index in [0.29, 0.717) is 21.2 Å². The molecule has 3 aromatic carbocycles. The Morgan fingerprint density at radius 2 is 1.71 bits per heavy atom. The minimum atomic E-state index is -0.461. The Kier molecular flexibility index (Phi) is 7.00. The van der Waals surface area contributed by atoms with E-state index in [4.69, 9.17) is 16.3 Å². The largest absolute Gasteiger partial charge is 0.487 e. The number of nitro benzene ring substituents is 1. The van der Waals surface area contributed by atoms with Gasteiger partial charge < -0.3 is 4.74 Å². The van der Waals surface area contributed by atoms with Gasteiger partial charge in [0.05, 0.1) is 21.4 Å². The first kappa shape index (κ1) is 23.5. The van der Waals surface area contributed by atoms with Gasteiger partial charge in [-0.1, -0.05) is 47.5 Å². The summed E-state index contributed by atoms with van der Waals surface area (Å²) in [7, 11) is 0. The molecule has 0 atom stereocenters. The number of aryl methyl sites for hydroxylation is 1. The molecule has 0 radical (unpaired) electrons. The molecule has 1 aliphatic heterocycles. The Bertz CT molecular complexity index is 1290. The van der Waals surface area contributed by atoms with Crippen LogP contribution >= 0.6 is 23.4 Å². The van der Waals surface area contributed by atoms with Crippen molar-refractivity contribution in [3.63, 3.8) is 0 Å². The predicted octanol–water partition coefficient (Wildman–Crippen LogP) is 6.37. The number of benzene rings is 3. The Labute approximate surface area is 205 Å². The summed E-state index contributed by atoms with van der Waals surface area (Å²) in [6.45, 7) is 2.39. The fraction of sp³-hybridized carbons (Fsp3) is 0.120. The van der Waals surface area contributed by atoms with Gasteiger partial charge in [0.2, 0.25) is 0 Å². The number of carbonyl (C=O) groups is 2. The standard InChI is InChI=1S/C25H19ClN2O5S/c1-16-2-4-17(5-3-16)14-27-24(29)23(34-25(27)30)13-19-8-11-22(21(26)12-19)33-15-18-6-9-20(10-7-18)28(31)32/h2-13H,14-15H2,1H3/b23-13-. The van der Waals surface area contributed by atoms with E-state index in [-0.39, 0.29) is 30.0 Å². The normalized spacial score (nSPS) is 14.6. The molecule has 3 aromatic rings. The summed E-state index contributed by atoms with van der Waals surface area (Å²) in [5.74, 6) is 0.0924. The fourth-order valence-electron chi connectivity index (χ4n) is 3.26. The average Bonchev–Trinajstić information content (AvgIpc) is 3.07. The molecule has 0 spiro atoms. The topological polar surface area (TPSA) is 89.8 Å². The van der Waals surface area contributed by atoms with E-state index in [1.54, 1.807) is 36.4 Å². The van der Waals surface area contributed by atoms with E-state index in [9.17, 15) is 19.7 Å². The van der Waals surface area contributed by atoms with Crippen LogP contribution in [-0.4, -0.2) is 21.0 Å². The molecular weight excluding hydrogens is 476 g/mol.